The molecule has 22 heavy (non-hydrogen) atoms. The van der Waals surface area contributed by atoms with Crippen LogP contribution in [-0.2, 0) is 16.1 Å². The largest absolute Gasteiger partial charge is 0.481 e. The number of benzene rings is 1. The van der Waals surface area contributed by atoms with Gasteiger partial charge in [-0.15, -0.1) is 0 Å². The van der Waals surface area contributed by atoms with Gasteiger partial charge in [-0.1, -0.05) is 24.6 Å². The van der Waals surface area contributed by atoms with E-state index in [-0.39, 0.29) is 6.42 Å². The van der Waals surface area contributed by atoms with Gasteiger partial charge in [0.25, 0.3) is 11.3 Å². The maximum Gasteiger partial charge on any atom is 0.303 e. The number of aromatic nitrogens is 1. The molecule has 6 nitrogen and oxygen atoms in total. The smallest absolute Gasteiger partial charge is 0.303 e. The molecule has 118 valence electrons. The fraction of sp³-hybridized carbons (Fsp3) is 0.333. The van der Waals surface area contributed by atoms with Crippen LogP contribution in [0.25, 0.3) is 10.9 Å². The van der Waals surface area contributed by atoms with Crippen molar-refractivity contribution in [2.45, 2.75) is 25.7 Å². The number of unbranched alkanes of at least 4 members (excludes halogenated alkanes) is 2. The third-order valence-corrected chi connectivity index (χ3v) is 4.08. The molecule has 0 aliphatic rings. The summed E-state index contributed by atoms with van der Waals surface area (Å²) in [6.45, 7) is 0.373. The van der Waals surface area contributed by atoms with Crippen molar-refractivity contribution in [2.24, 2.45) is 0 Å². The van der Waals surface area contributed by atoms with E-state index in [1.807, 2.05) is 24.3 Å². The SMILES string of the molecule is O=C(O)CCCCCN(c1cccc2cccnc12)S(=O)O. The van der Waals surface area contributed by atoms with Crippen LogP contribution in [0.3, 0.4) is 0 Å². The van der Waals surface area contributed by atoms with Crippen molar-refractivity contribution in [3.05, 3.63) is 36.5 Å². The average Bonchev–Trinajstić information content (AvgIpc) is 2.50. The van der Waals surface area contributed by atoms with Crippen LogP contribution in [-0.4, -0.2) is 31.4 Å². The van der Waals surface area contributed by atoms with Crippen LogP contribution in [0, 0.1) is 0 Å². The fourth-order valence-electron chi connectivity index (χ4n) is 2.28. The number of carboxylic acids is 1. The number of anilines is 1. The Hall–Kier alpha value is -1.99. The first kappa shape index (κ1) is 16.4. The third-order valence-electron chi connectivity index (χ3n) is 3.32. The fourth-order valence-corrected chi connectivity index (χ4v) is 2.88. The molecule has 0 aliphatic heterocycles. The zero-order valence-corrected chi connectivity index (χ0v) is 12.8. The zero-order valence-electron chi connectivity index (χ0n) is 12.0. The molecule has 0 saturated heterocycles. The van der Waals surface area contributed by atoms with Crippen molar-refractivity contribution in [2.75, 3.05) is 10.8 Å². The highest BCUT2D eigenvalue weighted by molar-refractivity contribution is 7.80. The second kappa shape index (κ2) is 7.86. The molecule has 1 heterocycles. The Morgan fingerprint density at radius 2 is 1.95 bits per heavy atom. The van der Waals surface area contributed by atoms with Gasteiger partial charge in [0.2, 0.25) is 0 Å². The summed E-state index contributed by atoms with van der Waals surface area (Å²) < 4.78 is 22.6. The van der Waals surface area contributed by atoms with Gasteiger partial charge in [0.05, 0.1) is 11.2 Å². The molecule has 7 heteroatoms. The summed E-state index contributed by atoms with van der Waals surface area (Å²) in [4.78, 5) is 14.8. The molecule has 2 rings (SSSR count). The Morgan fingerprint density at radius 3 is 2.68 bits per heavy atom. The van der Waals surface area contributed by atoms with Crippen LogP contribution in [0.2, 0.25) is 0 Å². The number of nitrogens with zero attached hydrogens (tertiary/aromatic N) is 2. The number of para-hydroxylation sites is 1. The lowest BCUT2D eigenvalue weighted by molar-refractivity contribution is -0.137. The highest BCUT2D eigenvalue weighted by Crippen LogP contribution is 2.26. The Morgan fingerprint density at radius 1 is 1.18 bits per heavy atom. The molecule has 2 aromatic rings. The van der Waals surface area contributed by atoms with Crippen molar-refractivity contribution >= 4 is 33.8 Å². The van der Waals surface area contributed by atoms with E-state index in [9.17, 15) is 13.6 Å². The minimum Gasteiger partial charge on any atom is -0.481 e. The molecule has 0 amide bonds. The quantitative estimate of drug-likeness (QED) is 0.576. The summed E-state index contributed by atoms with van der Waals surface area (Å²) in [7, 11) is 0. The third kappa shape index (κ3) is 4.25. The van der Waals surface area contributed by atoms with E-state index >= 15 is 0 Å². The molecule has 0 radical (unpaired) electrons. The number of aliphatic carboxylic acids is 1. The van der Waals surface area contributed by atoms with E-state index in [0.717, 1.165) is 5.39 Å². The molecule has 2 N–H and O–H groups in total. The maximum absolute atomic E-state index is 11.6. The number of carbonyl (C=O) groups is 1. The zero-order chi connectivity index (χ0) is 15.9. The number of hydrogen-bond acceptors (Lipinski definition) is 3. The molecule has 0 saturated carbocycles. The minimum atomic E-state index is -2.15. The highest BCUT2D eigenvalue weighted by atomic mass is 32.2. The summed E-state index contributed by atoms with van der Waals surface area (Å²) in [6.07, 6.45) is 3.67. The maximum atomic E-state index is 11.6. The minimum absolute atomic E-state index is 0.123. The van der Waals surface area contributed by atoms with Gasteiger partial charge in [0.15, 0.2) is 0 Å². The second-order valence-corrected chi connectivity index (χ2v) is 5.79. The van der Waals surface area contributed by atoms with E-state index < -0.39 is 17.2 Å². The number of hydrogen-bond donors (Lipinski definition) is 2. The Balaban J connectivity index is 2.10. The predicted molar refractivity (Wildman–Crippen MR) is 86.0 cm³/mol. The van der Waals surface area contributed by atoms with Gasteiger partial charge in [-0.25, -0.2) is 4.21 Å². The van der Waals surface area contributed by atoms with E-state index in [1.165, 1.54) is 4.31 Å². The van der Waals surface area contributed by atoms with Crippen LogP contribution in [0.5, 0.6) is 0 Å². The summed E-state index contributed by atoms with van der Waals surface area (Å²) in [5, 5.41) is 9.50. The molecular formula is C15H18N2O4S. The van der Waals surface area contributed by atoms with Crippen LogP contribution in [0.4, 0.5) is 5.69 Å². The Bertz CT molecular complexity index is 672. The number of fused-ring (bicyclic) bond motifs is 1. The molecule has 1 aromatic carbocycles. The van der Waals surface area contributed by atoms with Gasteiger partial charge in [0, 0.05) is 24.5 Å². The van der Waals surface area contributed by atoms with Crippen molar-refractivity contribution in [1.82, 2.24) is 4.98 Å². The summed E-state index contributed by atoms with van der Waals surface area (Å²) >= 11 is -2.15. The van der Waals surface area contributed by atoms with Crippen molar-refractivity contribution in [3.8, 4) is 0 Å². The second-order valence-electron chi connectivity index (χ2n) is 4.89. The first-order valence-corrected chi connectivity index (χ1v) is 8.10. The molecule has 0 fully saturated rings. The molecule has 1 atom stereocenters. The Labute approximate surface area is 131 Å². The van der Waals surface area contributed by atoms with Gasteiger partial charge in [-0.3, -0.25) is 18.6 Å². The summed E-state index contributed by atoms with van der Waals surface area (Å²) in [6, 6.07) is 9.21. The molecule has 0 aliphatic carbocycles. The van der Waals surface area contributed by atoms with Crippen molar-refractivity contribution in [3.63, 3.8) is 0 Å². The molecule has 0 bridgehead atoms. The lowest BCUT2D eigenvalue weighted by Crippen LogP contribution is -2.26. The summed E-state index contributed by atoms with van der Waals surface area (Å²) in [5.74, 6) is -0.819. The van der Waals surface area contributed by atoms with Gasteiger partial charge < -0.3 is 5.11 Å². The van der Waals surface area contributed by atoms with E-state index in [4.69, 9.17) is 5.11 Å². The van der Waals surface area contributed by atoms with Crippen molar-refractivity contribution < 1.29 is 18.7 Å². The standard InChI is InChI=1S/C15H18N2O4S/c18-14(19)9-2-1-3-11-17(22(20)21)13-8-4-6-12-7-5-10-16-15(12)13/h4-8,10H,1-3,9,11H2,(H,18,19)(H,20,21). The van der Waals surface area contributed by atoms with Gasteiger partial charge in [-0.05, 0) is 25.0 Å². The van der Waals surface area contributed by atoms with Crippen LogP contribution < -0.4 is 4.31 Å². The number of pyridine rings is 1. The van der Waals surface area contributed by atoms with E-state index in [1.54, 1.807) is 12.3 Å². The normalized spacial score (nSPS) is 12.2. The van der Waals surface area contributed by atoms with Crippen LogP contribution >= 0.6 is 0 Å². The van der Waals surface area contributed by atoms with Crippen LogP contribution in [0.15, 0.2) is 36.5 Å². The van der Waals surface area contributed by atoms with Gasteiger partial charge in [-0.2, -0.15) is 0 Å². The highest BCUT2D eigenvalue weighted by Gasteiger charge is 2.15. The lowest BCUT2D eigenvalue weighted by Gasteiger charge is -2.21. The molecular weight excluding hydrogens is 304 g/mol. The van der Waals surface area contributed by atoms with Gasteiger partial charge in [0.1, 0.15) is 0 Å². The number of carboxylic acid groups (broad SMARTS) is 1. The monoisotopic (exact) mass is 322 g/mol. The van der Waals surface area contributed by atoms with Gasteiger partial charge >= 0.3 is 5.97 Å². The topological polar surface area (TPSA) is 90.7 Å². The van der Waals surface area contributed by atoms with Crippen molar-refractivity contribution in [1.29, 1.82) is 0 Å². The molecule has 1 unspecified atom stereocenters. The molecule has 1 aromatic heterocycles. The number of rotatable bonds is 8. The lowest BCUT2D eigenvalue weighted by atomic mass is 10.1. The predicted octanol–water partition coefficient (Wildman–Crippen LogP) is 2.82. The average molecular weight is 322 g/mol. The Kier molecular flexibility index (Phi) is 5.85. The van der Waals surface area contributed by atoms with E-state index in [2.05, 4.69) is 4.98 Å². The first-order chi connectivity index (χ1) is 10.6. The summed E-state index contributed by atoms with van der Waals surface area (Å²) in [5.41, 5.74) is 1.29. The van der Waals surface area contributed by atoms with Crippen LogP contribution in [0.1, 0.15) is 25.7 Å². The molecule has 0 spiro atoms. The first-order valence-electron chi connectivity index (χ1n) is 7.03. The van der Waals surface area contributed by atoms with E-state index in [0.29, 0.717) is 37.0 Å².